The number of amides is 3. The van der Waals surface area contributed by atoms with Gasteiger partial charge < -0.3 is 15.4 Å². The number of thiophene rings is 1. The van der Waals surface area contributed by atoms with Gasteiger partial charge >= 0.3 is 0 Å². The molecule has 2 aromatic carbocycles. The number of benzene rings is 2. The van der Waals surface area contributed by atoms with E-state index in [1.165, 1.54) is 18.3 Å². The summed E-state index contributed by atoms with van der Waals surface area (Å²) in [5.74, 6) is -0.559. The molecule has 4 rings (SSSR count). The van der Waals surface area contributed by atoms with Gasteiger partial charge in [0.25, 0.3) is 11.8 Å². The number of nitrogens with one attached hydrogen (secondary N) is 2. The topological polar surface area (TPSA) is 87.7 Å². The molecule has 0 spiro atoms. The number of hydrogen-bond acceptors (Lipinski definition) is 6. The van der Waals surface area contributed by atoms with Crippen molar-refractivity contribution in [1.29, 1.82) is 0 Å². The monoisotopic (exact) mass is 461 g/mol. The van der Waals surface area contributed by atoms with Crippen LogP contribution >= 0.6 is 11.3 Å². The zero-order valence-electron chi connectivity index (χ0n) is 18.3. The van der Waals surface area contributed by atoms with Crippen LogP contribution in [-0.4, -0.2) is 24.3 Å². The fourth-order valence-corrected chi connectivity index (χ4v) is 4.24. The molecule has 8 heteroatoms. The number of hydrogen-bond donors (Lipinski definition) is 2. The minimum Gasteiger partial charge on any atom is -0.491 e. The van der Waals surface area contributed by atoms with Gasteiger partial charge in [0.2, 0.25) is 5.91 Å². The Morgan fingerprint density at radius 1 is 0.970 bits per heavy atom. The van der Waals surface area contributed by atoms with Crippen LogP contribution in [0.25, 0.3) is 5.57 Å². The van der Waals surface area contributed by atoms with Crippen LogP contribution in [0.4, 0.5) is 17.1 Å². The van der Waals surface area contributed by atoms with Gasteiger partial charge in [-0.15, -0.1) is 11.3 Å². The van der Waals surface area contributed by atoms with Crippen molar-refractivity contribution < 1.29 is 19.1 Å². The highest BCUT2D eigenvalue weighted by molar-refractivity contribution is 7.11. The van der Waals surface area contributed by atoms with E-state index in [0.29, 0.717) is 39.9 Å². The van der Waals surface area contributed by atoms with Crippen molar-refractivity contribution >= 4 is 51.7 Å². The van der Waals surface area contributed by atoms with Crippen LogP contribution in [0.5, 0.6) is 5.75 Å². The Labute approximate surface area is 195 Å². The van der Waals surface area contributed by atoms with Crippen LogP contribution < -0.4 is 20.3 Å². The lowest BCUT2D eigenvalue weighted by Gasteiger charge is -2.19. The second-order valence-electron chi connectivity index (χ2n) is 7.37. The van der Waals surface area contributed by atoms with E-state index in [-0.39, 0.29) is 11.6 Å². The molecule has 1 aliphatic rings. The number of imide groups is 1. The molecule has 0 radical (unpaired) electrons. The van der Waals surface area contributed by atoms with Gasteiger partial charge in [-0.25, -0.2) is 4.90 Å². The fourth-order valence-electron chi connectivity index (χ4n) is 3.47. The average Bonchev–Trinajstić information content (AvgIpc) is 3.40. The highest BCUT2D eigenvalue weighted by atomic mass is 32.1. The van der Waals surface area contributed by atoms with Crippen molar-refractivity contribution in [3.63, 3.8) is 0 Å². The lowest BCUT2D eigenvalue weighted by molar-refractivity contribution is -0.120. The molecule has 2 heterocycles. The lowest BCUT2D eigenvalue weighted by atomic mass is 10.1. The quantitative estimate of drug-likeness (QED) is 0.466. The highest BCUT2D eigenvalue weighted by Gasteiger charge is 2.41. The van der Waals surface area contributed by atoms with Crippen LogP contribution in [-0.2, 0) is 14.4 Å². The molecule has 2 N–H and O–H groups in total. The van der Waals surface area contributed by atoms with Crippen LogP contribution in [0.15, 0.2) is 71.7 Å². The van der Waals surface area contributed by atoms with E-state index in [1.807, 2.05) is 30.5 Å². The number of carbonyl (C=O) groups is 3. The van der Waals surface area contributed by atoms with Crippen LogP contribution in [0.2, 0.25) is 0 Å². The molecule has 33 heavy (non-hydrogen) atoms. The SMILES string of the molecule is CCCOc1ccccc1N1C(=O)C(Nc2ccc(NC(C)=O)cc2)=C(c2cccs2)C1=O. The second-order valence-corrected chi connectivity index (χ2v) is 8.32. The predicted molar refractivity (Wildman–Crippen MR) is 130 cm³/mol. The molecule has 3 amide bonds. The Kier molecular flexibility index (Phi) is 6.55. The third kappa shape index (κ3) is 4.65. The summed E-state index contributed by atoms with van der Waals surface area (Å²) in [4.78, 5) is 40.2. The van der Waals surface area contributed by atoms with E-state index in [1.54, 1.807) is 42.5 Å². The maximum atomic E-state index is 13.5. The summed E-state index contributed by atoms with van der Waals surface area (Å²) in [6, 6.07) is 17.6. The third-order valence-electron chi connectivity index (χ3n) is 4.89. The first-order valence-electron chi connectivity index (χ1n) is 10.5. The summed E-state index contributed by atoms with van der Waals surface area (Å²) >= 11 is 1.39. The summed E-state index contributed by atoms with van der Waals surface area (Å²) in [6.07, 6.45) is 0.802. The van der Waals surface area contributed by atoms with Gasteiger partial charge in [0, 0.05) is 23.2 Å². The van der Waals surface area contributed by atoms with Gasteiger partial charge in [-0.3, -0.25) is 14.4 Å². The largest absolute Gasteiger partial charge is 0.491 e. The molecule has 1 aliphatic heterocycles. The molecule has 0 saturated heterocycles. The van der Waals surface area contributed by atoms with Crippen molar-refractivity contribution in [3.05, 3.63) is 76.6 Å². The standard InChI is InChI=1S/C25H23N3O4S/c1-3-14-32-20-8-5-4-7-19(20)28-24(30)22(21-9-6-15-33-21)23(25(28)31)27-18-12-10-17(11-13-18)26-16(2)29/h4-13,15,27H,3,14H2,1-2H3,(H,26,29). The van der Waals surface area contributed by atoms with E-state index >= 15 is 0 Å². The predicted octanol–water partition coefficient (Wildman–Crippen LogP) is 4.89. The minimum atomic E-state index is -0.457. The Hall–Kier alpha value is -3.91. The normalized spacial score (nSPS) is 13.5. The zero-order valence-corrected chi connectivity index (χ0v) is 19.1. The molecular weight excluding hydrogens is 438 g/mol. The molecule has 0 atom stereocenters. The summed E-state index contributed by atoms with van der Waals surface area (Å²) < 4.78 is 5.80. The maximum absolute atomic E-state index is 13.5. The summed E-state index contributed by atoms with van der Waals surface area (Å²) in [7, 11) is 0. The summed E-state index contributed by atoms with van der Waals surface area (Å²) in [6.45, 7) is 3.90. The van der Waals surface area contributed by atoms with Crippen molar-refractivity contribution in [2.45, 2.75) is 20.3 Å². The highest BCUT2D eigenvalue weighted by Crippen LogP contribution is 2.39. The molecule has 0 unspecified atom stereocenters. The minimum absolute atomic E-state index is 0.172. The van der Waals surface area contributed by atoms with E-state index in [0.717, 1.165) is 11.3 Å². The van der Waals surface area contributed by atoms with Gasteiger partial charge in [-0.1, -0.05) is 25.1 Å². The van der Waals surface area contributed by atoms with Crippen molar-refractivity contribution in [2.75, 3.05) is 22.1 Å². The Balaban J connectivity index is 1.71. The molecule has 0 fully saturated rings. The smallest absolute Gasteiger partial charge is 0.282 e. The fraction of sp³-hybridized carbons (Fsp3) is 0.160. The number of carbonyl (C=O) groups excluding carboxylic acids is 3. The third-order valence-corrected chi connectivity index (χ3v) is 5.78. The Morgan fingerprint density at radius 3 is 2.36 bits per heavy atom. The number of ether oxygens (including phenoxy) is 1. The Morgan fingerprint density at radius 2 is 1.70 bits per heavy atom. The van der Waals surface area contributed by atoms with Gasteiger partial charge in [-0.2, -0.15) is 0 Å². The second kappa shape index (κ2) is 9.70. The van der Waals surface area contributed by atoms with Crippen LogP contribution in [0.1, 0.15) is 25.1 Å². The van der Waals surface area contributed by atoms with E-state index < -0.39 is 11.8 Å². The number of anilines is 3. The van der Waals surface area contributed by atoms with E-state index in [9.17, 15) is 14.4 Å². The van der Waals surface area contributed by atoms with E-state index in [4.69, 9.17) is 4.74 Å². The molecule has 0 saturated carbocycles. The first-order chi connectivity index (χ1) is 16.0. The maximum Gasteiger partial charge on any atom is 0.282 e. The first kappa shape index (κ1) is 22.3. The van der Waals surface area contributed by atoms with Gasteiger partial charge in [0.15, 0.2) is 0 Å². The molecule has 0 aliphatic carbocycles. The van der Waals surface area contributed by atoms with Crippen molar-refractivity contribution in [2.24, 2.45) is 0 Å². The van der Waals surface area contributed by atoms with Gasteiger partial charge in [-0.05, 0) is 54.3 Å². The lowest BCUT2D eigenvalue weighted by Crippen LogP contribution is -2.32. The van der Waals surface area contributed by atoms with Gasteiger partial charge in [0.05, 0.1) is 17.9 Å². The summed E-state index contributed by atoms with van der Waals surface area (Å²) in [5, 5.41) is 7.69. The molecule has 168 valence electrons. The molecule has 3 aromatic rings. The summed E-state index contributed by atoms with van der Waals surface area (Å²) in [5.41, 5.74) is 2.17. The van der Waals surface area contributed by atoms with Crippen LogP contribution in [0, 0.1) is 0 Å². The molecule has 0 bridgehead atoms. The van der Waals surface area contributed by atoms with Crippen molar-refractivity contribution in [1.82, 2.24) is 0 Å². The number of nitrogens with zero attached hydrogens (tertiary/aromatic N) is 1. The van der Waals surface area contributed by atoms with Crippen LogP contribution in [0.3, 0.4) is 0 Å². The first-order valence-corrected chi connectivity index (χ1v) is 11.4. The Bertz CT molecular complexity index is 1220. The number of para-hydroxylation sites is 2. The number of rotatable bonds is 8. The average molecular weight is 462 g/mol. The molecule has 1 aromatic heterocycles. The van der Waals surface area contributed by atoms with E-state index in [2.05, 4.69) is 10.6 Å². The zero-order chi connectivity index (χ0) is 23.4. The molecule has 7 nitrogen and oxygen atoms in total. The molecular formula is C25H23N3O4S. The van der Waals surface area contributed by atoms with Gasteiger partial charge in [0.1, 0.15) is 11.4 Å². The van der Waals surface area contributed by atoms with Crippen molar-refractivity contribution in [3.8, 4) is 5.75 Å².